The minimum absolute atomic E-state index is 0.263. The minimum atomic E-state index is -1.13. The Morgan fingerprint density at radius 2 is 2.22 bits per heavy atom. The van der Waals surface area contributed by atoms with Crippen LogP contribution in [0, 0.1) is 11.3 Å². The van der Waals surface area contributed by atoms with Crippen LogP contribution in [0.15, 0.2) is 35.9 Å². The lowest BCUT2D eigenvalue weighted by atomic mass is 9.45. The zero-order valence-corrected chi connectivity index (χ0v) is 15.7. The van der Waals surface area contributed by atoms with Crippen molar-refractivity contribution in [1.29, 1.82) is 0 Å². The van der Waals surface area contributed by atoms with Gasteiger partial charge in [0.2, 0.25) is 0 Å². The Hall–Kier alpha value is -1.89. The summed E-state index contributed by atoms with van der Waals surface area (Å²) in [5.74, 6) is -0.644. The van der Waals surface area contributed by atoms with Crippen molar-refractivity contribution in [2.75, 3.05) is 32.1 Å². The van der Waals surface area contributed by atoms with E-state index in [0.29, 0.717) is 19.4 Å². The number of benzene rings is 1. The first-order valence-electron chi connectivity index (χ1n) is 9.68. The van der Waals surface area contributed by atoms with Gasteiger partial charge in [0.15, 0.2) is 0 Å². The van der Waals surface area contributed by atoms with Crippen LogP contribution in [0.3, 0.4) is 0 Å². The lowest BCUT2D eigenvalue weighted by Crippen LogP contribution is -2.75. The first kappa shape index (κ1) is 17.2. The number of aliphatic hydroxyl groups excluding tert-OH is 2. The van der Waals surface area contributed by atoms with E-state index in [0.717, 1.165) is 23.4 Å². The summed E-state index contributed by atoms with van der Waals surface area (Å²) in [4.78, 5) is 15.7. The number of anilines is 1. The Labute approximate surface area is 158 Å². The Kier molecular flexibility index (Phi) is 3.41. The molecular weight excluding hydrogens is 344 g/mol. The van der Waals surface area contributed by atoms with Crippen LogP contribution in [0.2, 0.25) is 0 Å². The van der Waals surface area contributed by atoms with Crippen molar-refractivity contribution in [3.05, 3.63) is 41.5 Å². The molecule has 5 aliphatic rings. The zero-order chi connectivity index (χ0) is 19.0. The number of aliphatic hydroxyl groups is 2. The van der Waals surface area contributed by atoms with Gasteiger partial charge in [-0.1, -0.05) is 29.8 Å². The van der Waals surface area contributed by atoms with Crippen molar-refractivity contribution < 1.29 is 19.7 Å². The molecule has 1 unspecified atom stereocenters. The van der Waals surface area contributed by atoms with Crippen molar-refractivity contribution in [2.45, 2.75) is 36.9 Å². The molecule has 3 saturated heterocycles. The molecule has 1 aliphatic carbocycles. The number of rotatable bonds is 2. The number of methoxy groups -OCH3 is 1. The molecule has 1 spiro atoms. The second-order valence-corrected chi connectivity index (χ2v) is 8.30. The van der Waals surface area contributed by atoms with Gasteiger partial charge >= 0.3 is 5.97 Å². The van der Waals surface area contributed by atoms with Gasteiger partial charge in [0, 0.05) is 24.7 Å². The van der Waals surface area contributed by atoms with Crippen LogP contribution < -0.4 is 5.32 Å². The molecule has 4 aliphatic heterocycles. The fourth-order valence-electron chi connectivity index (χ4n) is 7.01. The van der Waals surface area contributed by atoms with Crippen LogP contribution in [-0.4, -0.2) is 59.7 Å². The number of allylic oxidation sites excluding steroid dienone is 1. The number of esters is 1. The number of ether oxygens (including phenoxy) is 1. The average Bonchev–Trinajstić information content (AvgIpc) is 3.11. The highest BCUT2D eigenvalue weighted by Crippen LogP contribution is 2.72. The second-order valence-electron chi connectivity index (χ2n) is 8.30. The average molecular weight is 370 g/mol. The third-order valence-electron chi connectivity index (χ3n) is 7.91. The summed E-state index contributed by atoms with van der Waals surface area (Å²) in [5.41, 5.74) is 0.354. The van der Waals surface area contributed by atoms with E-state index in [1.165, 1.54) is 7.11 Å². The minimum Gasteiger partial charge on any atom is -0.468 e. The summed E-state index contributed by atoms with van der Waals surface area (Å²) in [6, 6.07) is 7.97. The zero-order valence-electron chi connectivity index (χ0n) is 15.7. The van der Waals surface area contributed by atoms with E-state index in [9.17, 15) is 15.0 Å². The van der Waals surface area contributed by atoms with Crippen LogP contribution >= 0.6 is 0 Å². The number of nitrogens with one attached hydrogen (secondary N) is 1. The summed E-state index contributed by atoms with van der Waals surface area (Å²) in [6.07, 6.45) is 2.51. The highest BCUT2D eigenvalue weighted by Gasteiger charge is 2.82. The highest BCUT2D eigenvalue weighted by atomic mass is 16.5. The van der Waals surface area contributed by atoms with Crippen molar-refractivity contribution in [1.82, 2.24) is 4.90 Å². The molecule has 27 heavy (non-hydrogen) atoms. The highest BCUT2D eigenvalue weighted by molar-refractivity contribution is 5.85. The Bertz CT molecular complexity index is 854. The molecule has 4 fully saturated rings. The van der Waals surface area contributed by atoms with E-state index in [-0.39, 0.29) is 18.5 Å². The molecule has 6 rings (SSSR count). The van der Waals surface area contributed by atoms with E-state index < -0.39 is 22.6 Å². The van der Waals surface area contributed by atoms with Crippen molar-refractivity contribution in [3.63, 3.8) is 0 Å². The van der Waals surface area contributed by atoms with E-state index >= 15 is 0 Å². The normalized spacial score (nSPS) is 45.2. The fourth-order valence-corrected chi connectivity index (χ4v) is 7.01. The number of hydrogen-bond donors (Lipinski definition) is 3. The van der Waals surface area contributed by atoms with Crippen LogP contribution in [0.4, 0.5) is 5.69 Å². The monoisotopic (exact) mass is 370 g/mol. The van der Waals surface area contributed by atoms with Crippen LogP contribution in [-0.2, 0) is 14.9 Å². The summed E-state index contributed by atoms with van der Waals surface area (Å²) < 4.78 is 5.33. The second kappa shape index (κ2) is 5.34. The van der Waals surface area contributed by atoms with Crippen LogP contribution in [0.1, 0.15) is 25.3 Å². The third-order valence-corrected chi connectivity index (χ3v) is 7.91. The molecule has 6 atom stereocenters. The predicted octanol–water partition coefficient (Wildman–Crippen LogP) is 1.24. The summed E-state index contributed by atoms with van der Waals surface area (Å²) >= 11 is 0. The molecule has 1 saturated carbocycles. The van der Waals surface area contributed by atoms with Gasteiger partial charge in [0.25, 0.3) is 0 Å². The van der Waals surface area contributed by atoms with Crippen molar-refractivity contribution in [2.24, 2.45) is 11.3 Å². The molecule has 144 valence electrons. The van der Waals surface area contributed by atoms with Gasteiger partial charge in [-0.15, -0.1) is 0 Å². The molecule has 1 aromatic carbocycles. The maximum absolute atomic E-state index is 13.4. The topological polar surface area (TPSA) is 82.0 Å². The van der Waals surface area contributed by atoms with Crippen molar-refractivity contribution in [3.8, 4) is 0 Å². The quantitative estimate of drug-likeness (QED) is 0.537. The number of nitrogens with zero attached hydrogens (tertiary/aromatic N) is 1. The smallest absolute Gasteiger partial charge is 0.315 e. The summed E-state index contributed by atoms with van der Waals surface area (Å²) in [6.45, 7) is 3.10. The lowest BCUT2D eigenvalue weighted by Gasteiger charge is -2.59. The number of fused-ring (bicyclic) bond motifs is 3. The number of carbonyl (C=O) groups is 1. The maximum atomic E-state index is 13.4. The molecule has 3 N–H and O–H groups in total. The summed E-state index contributed by atoms with van der Waals surface area (Å²) in [7, 11) is 1.40. The molecule has 4 bridgehead atoms. The van der Waals surface area contributed by atoms with Crippen LogP contribution in [0.5, 0.6) is 0 Å². The molecular formula is C21H26N2O4. The van der Waals surface area contributed by atoms with Crippen LogP contribution in [0.25, 0.3) is 0 Å². The van der Waals surface area contributed by atoms with E-state index in [1.54, 1.807) is 0 Å². The Morgan fingerprint density at radius 1 is 1.44 bits per heavy atom. The van der Waals surface area contributed by atoms with Gasteiger partial charge in [-0.05, 0) is 31.4 Å². The number of carbonyl (C=O) groups excluding carboxylic acids is 1. The molecule has 6 heteroatoms. The van der Waals surface area contributed by atoms with Gasteiger partial charge in [-0.2, -0.15) is 0 Å². The van der Waals surface area contributed by atoms with Gasteiger partial charge in [-0.25, -0.2) is 0 Å². The van der Waals surface area contributed by atoms with Crippen molar-refractivity contribution >= 4 is 11.7 Å². The van der Waals surface area contributed by atoms with Gasteiger partial charge in [-0.3, -0.25) is 9.69 Å². The Morgan fingerprint density at radius 3 is 2.93 bits per heavy atom. The fraction of sp³-hybridized carbons (Fsp3) is 0.571. The van der Waals surface area contributed by atoms with Gasteiger partial charge < -0.3 is 20.3 Å². The predicted molar refractivity (Wildman–Crippen MR) is 100 cm³/mol. The molecule has 0 amide bonds. The van der Waals surface area contributed by atoms with Gasteiger partial charge in [0.05, 0.1) is 25.2 Å². The molecule has 0 aromatic heterocycles. The van der Waals surface area contributed by atoms with Gasteiger partial charge in [0.1, 0.15) is 11.1 Å². The number of hydrogen-bond acceptors (Lipinski definition) is 6. The molecule has 6 nitrogen and oxygen atoms in total. The first-order chi connectivity index (χ1) is 13.0. The molecule has 4 heterocycles. The molecule has 0 radical (unpaired) electrons. The van der Waals surface area contributed by atoms with E-state index in [2.05, 4.69) is 10.2 Å². The Balaban J connectivity index is 1.93. The lowest BCUT2D eigenvalue weighted by molar-refractivity contribution is -0.184. The SMILES string of the molecule is CC=C1CN2CC[C@@]34c5ccccc5N[C@@]23[C@@H](O)C[C@@H]1[C@@]4(CO)C(=O)OC. The molecule has 1 aromatic rings. The van der Waals surface area contributed by atoms with E-state index in [4.69, 9.17) is 4.74 Å². The maximum Gasteiger partial charge on any atom is 0.315 e. The first-order valence-corrected chi connectivity index (χ1v) is 9.68. The standard InChI is InChI=1S/C21H26N2O4/c1-3-13-11-23-9-8-20-14-6-4-5-7-16(14)22-21(20,23)17(25)10-15(13)19(20,12-24)18(26)27-2/h3-7,15,17,22,24-25H,8-12H2,1-2H3/t15-,17-,19-,20-,21-/m0/s1. The van der Waals surface area contributed by atoms with E-state index in [1.807, 2.05) is 37.3 Å². The largest absolute Gasteiger partial charge is 0.468 e. The third kappa shape index (κ3) is 1.55. The number of para-hydroxylation sites is 1. The summed E-state index contributed by atoms with van der Waals surface area (Å²) in [5, 5.41) is 25.9.